The average molecular weight is 707 g/mol. The first kappa shape index (κ1) is 50.8. The zero-order chi connectivity index (χ0) is 38.6. The third kappa shape index (κ3) is 29.4. The Kier molecular flexibility index (Phi) is 37.3. The number of nitrogens with zero attached hydrogens (tertiary/aromatic N) is 1. The Morgan fingerprint density at radius 1 is 0.980 bits per heavy atom. The number of hydrogen-bond acceptors (Lipinski definition) is 8. The zero-order valence-electron chi connectivity index (χ0n) is 32.5. The van der Waals surface area contributed by atoms with Crippen molar-refractivity contribution >= 4 is 29.8 Å². The van der Waals surface area contributed by atoms with Crippen molar-refractivity contribution in [3.8, 4) is 5.75 Å². The lowest BCUT2D eigenvalue weighted by molar-refractivity contribution is -0.140. The summed E-state index contributed by atoms with van der Waals surface area (Å²) >= 11 is 0. The van der Waals surface area contributed by atoms with E-state index in [2.05, 4.69) is 36.4 Å². The molecule has 1 aromatic rings. The predicted octanol–water partition coefficient (Wildman–Crippen LogP) is 5.57. The highest BCUT2D eigenvalue weighted by Crippen LogP contribution is 2.15. The number of benzene rings is 1. The molecule has 11 heteroatoms. The van der Waals surface area contributed by atoms with Gasteiger partial charge in [0.05, 0.1) is 25.8 Å². The number of carbonyl (C=O) groups is 5. The van der Waals surface area contributed by atoms with Crippen molar-refractivity contribution in [3.63, 3.8) is 0 Å². The van der Waals surface area contributed by atoms with Crippen LogP contribution in [0.2, 0.25) is 0 Å². The van der Waals surface area contributed by atoms with Crippen LogP contribution in [0.4, 0.5) is 0 Å². The highest BCUT2D eigenvalue weighted by molar-refractivity contribution is 6.37. The van der Waals surface area contributed by atoms with E-state index in [0.717, 1.165) is 17.6 Å². The molecular weight excluding hydrogens is 636 g/mol. The molecule has 1 fully saturated rings. The molecule has 0 saturated heterocycles. The summed E-state index contributed by atoms with van der Waals surface area (Å²) < 4.78 is 5.43. The Labute approximate surface area is 303 Å². The maximum absolute atomic E-state index is 12.0. The zero-order valence-corrected chi connectivity index (χ0v) is 32.5. The van der Waals surface area contributed by atoms with Crippen LogP contribution in [0.3, 0.4) is 0 Å². The van der Waals surface area contributed by atoms with Crippen LogP contribution in [-0.4, -0.2) is 92.3 Å². The quantitative estimate of drug-likeness (QED) is 0.0878. The van der Waals surface area contributed by atoms with Gasteiger partial charge in [-0.25, -0.2) is 0 Å². The molecule has 11 nitrogen and oxygen atoms in total. The summed E-state index contributed by atoms with van der Waals surface area (Å²) in [5.41, 5.74) is 0.944. The Bertz CT molecular complexity index is 1020. The van der Waals surface area contributed by atoms with Crippen molar-refractivity contribution < 1.29 is 33.8 Å². The minimum Gasteiger partial charge on any atom is -0.493 e. The summed E-state index contributed by atoms with van der Waals surface area (Å²) in [6, 6.07) is 6.74. The normalized spacial score (nSPS) is 12.4. The molecule has 0 heterocycles. The van der Waals surface area contributed by atoms with Gasteiger partial charge < -0.3 is 35.5 Å². The van der Waals surface area contributed by atoms with Crippen LogP contribution in [-0.2, 0) is 30.4 Å². The first-order valence-corrected chi connectivity index (χ1v) is 18.5. The van der Waals surface area contributed by atoms with E-state index in [4.69, 9.17) is 9.84 Å². The number of carbonyl (C=O) groups excluding carboxylic acids is 5. The van der Waals surface area contributed by atoms with E-state index in [1.54, 1.807) is 20.9 Å². The number of aliphatic hydroxyl groups is 1. The standard InChI is InChI=1S/C14H24N4O4.C12H16O3.C6H12.C5H12.C2H6/c1-5-7-16-14(22)11(19)8-17-13(21)10(6-2)18(4)12(20)9-15-3;1-10(14)6-8-15-12-4-2-3-11(9-12)5-7-13;1-2-4-6-5-3-1;1-3-5-4-2;1-2/h5,10,15H,1,6-9H2,2-4H3,(H,16,22)(H,17,21);2-4,7,9-10,14H,5-6,8H2,1H3;1-6H2;3-5H2,1-2H3;1-2H3. The molecule has 1 aromatic carbocycles. The molecule has 2 atom stereocenters. The minimum atomic E-state index is -0.784. The van der Waals surface area contributed by atoms with Crippen molar-refractivity contribution in [3.05, 3.63) is 42.5 Å². The van der Waals surface area contributed by atoms with Gasteiger partial charge in [0.25, 0.3) is 5.91 Å². The predicted molar refractivity (Wildman–Crippen MR) is 204 cm³/mol. The fourth-order valence-corrected chi connectivity index (χ4v) is 4.33. The summed E-state index contributed by atoms with van der Waals surface area (Å²) in [6.07, 6.45) is 16.5. The summed E-state index contributed by atoms with van der Waals surface area (Å²) in [6.45, 7) is 15.7. The van der Waals surface area contributed by atoms with E-state index in [0.29, 0.717) is 25.9 Å². The fourth-order valence-electron chi connectivity index (χ4n) is 4.33. The first-order valence-electron chi connectivity index (χ1n) is 18.5. The molecule has 1 aliphatic rings. The summed E-state index contributed by atoms with van der Waals surface area (Å²) in [5.74, 6) is -1.50. The smallest absolute Gasteiger partial charge is 0.289 e. The molecule has 50 heavy (non-hydrogen) atoms. The maximum atomic E-state index is 12.0. The molecule has 2 rings (SSSR count). The molecule has 0 bridgehead atoms. The minimum absolute atomic E-state index is 0.114. The number of aliphatic hydroxyl groups excluding tert-OH is 1. The molecule has 0 radical (unpaired) electrons. The number of likely N-dealkylation sites (N-methyl/N-ethyl adjacent to an activating group) is 2. The Hall–Kier alpha value is -3.57. The lowest BCUT2D eigenvalue weighted by Gasteiger charge is -2.26. The third-order valence-corrected chi connectivity index (χ3v) is 7.19. The van der Waals surface area contributed by atoms with Gasteiger partial charge in [-0.15, -0.1) is 6.58 Å². The van der Waals surface area contributed by atoms with E-state index in [9.17, 15) is 24.0 Å². The van der Waals surface area contributed by atoms with Crippen molar-refractivity contribution in [2.24, 2.45) is 0 Å². The number of amides is 3. The molecule has 288 valence electrons. The van der Waals surface area contributed by atoms with E-state index in [-0.39, 0.29) is 25.1 Å². The van der Waals surface area contributed by atoms with Gasteiger partial charge in [0, 0.05) is 26.4 Å². The molecule has 1 saturated carbocycles. The van der Waals surface area contributed by atoms with Gasteiger partial charge in [-0.1, -0.05) is 111 Å². The number of hydrogen-bond donors (Lipinski definition) is 4. The highest BCUT2D eigenvalue weighted by atomic mass is 16.5. The molecule has 2 unspecified atom stereocenters. The summed E-state index contributed by atoms with van der Waals surface area (Å²) in [4.78, 5) is 58.3. The van der Waals surface area contributed by atoms with Crippen LogP contribution in [0.15, 0.2) is 36.9 Å². The number of ether oxygens (including phenoxy) is 1. The van der Waals surface area contributed by atoms with E-state index < -0.39 is 30.2 Å². The first-order chi connectivity index (χ1) is 24.0. The van der Waals surface area contributed by atoms with Crippen LogP contribution in [0.25, 0.3) is 0 Å². The monoisotopic (exact) mass is 707 g/mol. The Morgan fingerprint density at radius 3 is 2.00 bits per heavy atom. The number of rotatable bonds is 18. The molecule has 0 aromatic heterocycles. The second-order valence-electron chi connectivity index (χ2n) is 11.6. The third-order valence-electron chi connectivity index (χ3n) is 7.19. The van der Waals surface area contributed by atoms with Crippen LogP contribution >= 0.6 is 0 Å². The van der Waals surface area contributed by atoms with Crippen molar-refractivity contribution in [1.82, 2.24) is 20.9 Å². The van der Waals surface area contributed by atoms with Gasteiger partial charge in [0.1, 0.15) is 18.1 Å². The number of nitrogens with one attached hydrogen (secondary N) is 3. The van der Waals surface area contributed by atoms with Gasteiger partial charge in [-0.05, 0) is 38.1 Å². The number of aldehydes is 1. The topological polar surface area (TPSA) is 154 Å². The fraction of sp³-hybridized carbons (Fsp3) is 0.667. The number of ketones is 1. The SMILES string of the molecule is C1CCCCC1.C=CCNC(=O)C(=O)CNC(=O)C(CC)N(C)C(=O)CNC.CC.CC(O)CCOc1cccc(CC=O)c1.CCCCC. The van der Waals surface area contributed by atoms with E-state index in [1.807, 2.05) is 38.1 Å². The second-order valence-corrected chi connectivity index (χ2v) is 11.6. The van der Waals surface area contributed by atoms with Crippen molar-refractivity contribution in [2.45, 2.75) is 131 Å². The lowest BCUT2D eigenvalue weighted by Crippen LogP contribution is -2.51. The van der Waals surface area contributed by atoms with Crippen LogP contribution in [0.1, 0.15) is 118 Å². The van der Waals surface area contributed by atoms with Crippen LogP contribution in [0.5, 0.6) is 5.75 Å². The maximum Gasteiger partial charge on any atom is 0.289 e. The van der Waals surface area contributed by atoms with Crippen LogP contribution in [0, 0.1) is 0 Å². The van der Waals surface area contributed by atoms with Crippen molar-refractivity contribution in [1.29, 1.82) is 0 Å². The molecule has 4 N–H and O–H groups in total. The highest BCUT2D eigenvalue weighted by Gasteiger charge is 2.25. The van der Waals surface area contributed by atoms with Gasteiger partial charge in [0.15, 0.2) is 0 Å². The van der Waals surface area contributed by atoms with E-state index in [1.165, 1.54) is 75.8 Å². The largest absolute Gasteiger partial charge is 0.493 e. The molecule has 0 spiro atoms. The van der Waals surface area contributed by atoms with Gasteiger partial charge in [-0.3, -0.25) is 19.2 Å². The second kappa shape index (κ2) is 36.7. The Balaban J connectivity index is -0.000000670. The molecule has 3 amide bonds. The summed E-state index contributed by atoms with van der Waals surface area (Å²) in [5, 5.41) is 16.5. The lowest BCUT2D eigenvalue weighted by atomic mass is 10.0. The van der Waals surface area contributed by atoms with Crippen LogP contribution < -0.4 is 20.7 Å². The molecule has 1 aliphatic carbocycles. The van der Waals surface area contributed by atoms with Gasteiger partial charge >= 0.3 is 0 Å². The molecule has 0 aliphatic heterocycles. The van der Waals surface area contributed by atoms with Crippen molar-refractivity contribution in [2.75, 3.05) is 40.3 Å². The van der Waals surface area contributed by atoms with Gasteiger partial charge in [-0.2, -0.15) is 0 Å². The van der Waals surface area contributed by atoms with Gasteiger partial charge in [0.2, 0.25) is 17.6 Å². The number of unbranched alkanes of at least 4 members (excludes halogenated alkanes) is 2. The molecular formula is C39H70N4O7. The average Bonchev–Trinajstić information content (AvgIpc) is 3.13. The number of Topliss-reactive ketones (excluding diaryl/α,β-unsaturated/α-hetero) is 1. The summed E-state index contributed by atoms with van der Waals surface area (Å²) in [7, 11) is 3.15. The Morgan fingerprint density at radius 2 is 1.56 bits per heavy atom. The van der Waals surface area contributed by atoms with E-state index >= 15 is 0 Å².